The van der Waals surface area contributed by atoms with Crippen molar-refractivity contribution in [3.05, 3.63) is 12.2 Å². The molecular formula is C7H14S2. The van der Waals surface area contributed by atoms with Gasteiger partial charge in [-0.1, -0.05) is 47.6 Å². The minimum absolute atomic E-state index is 0.731. The molecule has 0 aromatic carbocycles. The second-order valence-corrected chi connectivity index (χ2v) is 5.31. The minimum atomic E-state index is 0.731. The Morgan fingerprint density at radius 2 is 2.11 bits per heavy atom. The average Bonchev–Trinajstić information content (AvgIpc) is 1.63. The predicted molar refractivity (Wildman–Crippen MR) is 50.0 cm³/mol. The molecule has 0 spiro atoms. The molecule has 0 aliphatic rings. The highest BCUT2D eigenvalue weighted by Crippen LogP contribution is 2.27. The molecule has 0 aromatic rings. The monoisotopic (exact) mass is 162 g/mol. The van der Waals surface area contributed by atoms with Gasteiger partial charge < -0.3 is 0 Å². The van der Waals surface area contributed by atoms with E-state index in [1.807, 2.05) is 21.6 Å². The Bertz CT molecular complexity index is 86.9. The highest BCUT2D eigenvalue weighted by Gasteiger charge is 1.93. The Balaban J connectivity index is 3.01. The Morgan fingerprint density at radius 1 is 1.56 bits per heavy atom. The third-order valence-corrected chi connectivity index (χ3v) is 3.61. The molecule has 0 aliphatic heterocycles. The van der Waals surface area contributed by atoms with Crippen molar-refractivity contribution in [2.75, 3.05) is 5.75 Å². The summed E-state index contributed by atoms with van der Waals surface area (Å²) >= 11 is 0. The highest BCUT2D eigenvalue weighted by molar-refractivity contribution is 8.77. The quantitative estimate of drug-likeness (QED) is 0.459. The first-order valence-corrected chi connectivity index (χ1v) is 5.43. The molecule has 54 valence electrons. The van der Waals surface area contributed by atoms with Gasteiger partial charge in [0.25, 0.3) is 0 Å². The SMILES string of the molecule is C=C(C)CSSC(C)C. The van der Waals surface area contributed by atoms with Gasteiger partial charge in [-0.05, 0) is 6.92 Å². The van der Waals surface area contributed by atoms with Crippen molar-refractivity contribution < 1.29 is 0 Å². The zero-order valence-corrected chi connectivity index (χ0v) is 7.94. The van der Waals surface area contributed by atoms with E-state index < -0.39 is 0 Å². The third kappa shape index (κ3) is 8.44. The van der Waals surface area contributed by atoms with Crippen LogP contribution in [0, 0.1) is 0 Å². The fourth-order valence-electron chi connectivity index (χ4n) is 0.271. The first kappa shape index (κ1) is 9.44. The van der Waals surface area contributed by atoms with Gasteiger partial charge in [-0.15, -0.1) is 0 Å². The van der Waals surface area contributed by atoms with Crippen molar-refractivity contribution >= 4 is 21.6 Å². The van der Waals surface area contributed by atoms with E-state index >= 15 is 0 Å². The van der Waals surface area contributed by atoms with Crippen molar-refractivity contribution in [2.45, 2.75) is 26.0 Å². The fraction of sp³-hybridized carbons (Fsp3) is 0.714. The molecule has 0 rings (SSSR count). The molecule has 0 amide bonds. The van der Waals surface area contributed by atoms with Crippen LogP contribution in [0.5, 0.6) is 0 Å². The van der Waals surface area contributed by atoms with Crippen LogP contribution in [0.15, 0.2) is 12.2 Å². The number of hydrogen-bond acceptors (Lipinski definition) is 2. The topological polar surface area (TPSA) is 0 Å². The normalized spacial score (nSPS) is 10.2. The van der Waals surface area contributed by atoms with E-state index in [0.717, 1.165) is 11.0 Å². The van der Waals surface area contributed by atoms with Crippen molar-refractivity contribution in [3.63, 3.8) is 0 Å². The van der Waals surface area contributed by atoms with Crippen LogP contribution in [0.2, 0.25) is 0 Å². The van der Waals surface area contributed by atoms with Crippen molar-refractivity contribution in [1.82, 2.24) is 0 Å². The summed E-state index contributed by atoms with van der Waals surface area (Å²) in [6.07, 6.45) is 0. The van der Waals surface area contributed by atoms with Gasteiger partial charge in [-0.2, -0.15) is 0 Å². The van der Waals surface area contributed by atoms with Crippen LogP contribution < -0.4 is 0 Å². The van der Waals surface area contributed by atoms with E-state index in [1.165, 1.54) is 5.57 Å². The molecule has 0 fully saturated rings. The van der Waals surface area contributed by atoms with Crippen molar-refractivity contribution in [1.29, 1.82) is 0 Å². The molecule has 0 N–H and O–H groups in total. The van der Waals surface area contributed by atoms with Gasteiger partial charge >= 0.3 is 0 Å². The lowest BCUT2D eigenvalue weighted by molar-refractivity contribution is 1.12. The standard InChI is InChI=1S/C7H14S2/c1-6(2)5-8-9-7(3)4/h7H,1,5H2,2-4H3. The zero-order chi connectivity index (χ0) is 7.28. The van der Waals surface area contributed by atoms with Gasteiger partial charge in [0.05, 0.1) is 0 Å². The lowest BCUT2D eigenvalue weighted by Gasteiger charge is -2.01. The van der Waals surface area contributed by atoms with Gasteiger partial charge in [0.1, 0.15) is 0 Å². The molecule has 9 heavy (non-hydrogen) atoms. The fourth-order valence-corrected chi connectivity index (χ4v) is 2.44. The van der Waals surface area contributed by atoms with Crippen molar-refractivity contribution in [2.24, 2.45) is 0 Å². The minimum Gasteiger partial charge on any atom is -0.0993 e. The summed E-state index contributed by atoms with van der Waals surface area (Å²) in [4.78, 5) is 0. The van der Waals surface area contributed by atoms with E-state index in [-0.39, 0.29) is 0 Å². The van der Waals surface area contributed by atoms with Crippen LogP contribution in [0.4, 0.5) is 0 Å². The maximum atomic E-state index is 3.82. The molecule has 0 aromatic heterocycles. The van der Waals surface area contributed by atoms with Gasteiger partial charge in [0, 0.05) is 11.0 Å². The molecule has 0 bridgehead atoms. The van der Waals surface area contributed by atoms with Crippen molar-refractivity contribution in [3.8, 4) is 0 Å². The van der Waals surface area contributed by atoms with Gasteiger partial charge in [0.2, 0.25) is 0 Å². The molecule has 0 heterocycles. The smallest absolute Gasteiger partial charge is 0.0242 e. The lowest BCUT2D eigenvalue weighted by Crippen LogP contribution is -1.82. The maximum Gasteiger partial charge on any atom is 0.0242 e. The summed E-state index contributed by atoms with van der Waals surface area (Å²) in [6, 6.07) is 0. The van der Waals surface area contributed by atoms with Crippen LogP contribution in [-0.2, 0) is 0 Å². The van der Waals surface area contributed by atoms with E-state index in [0.29, 0.717) is 0 Å². The molecule has 0 saturated carbocycles. The summed E-state index contributed by atoms with van der Waals surface area (Å²) in [5.74, 6) is 1.09. The summed E-state index contributed by atoms with van der Waals surface area (Å²) in [5.41, 5.74) is 1.26. The lowest BCUT2D eigenvalue weighted by atomic mass is 10.4. The molecular weight excluding hydrogens is 148 g/mol. The molecule has 0 nitrogen and oxygen atoms in total. The Hall–Kier alpha value is 0.440. The second-order valence-electron chi connectivity index (χ2n) is 2.36. The predicted octanol–water partition coefficient (Wildman–Crippen LogP) is 3.35. The maximum absolute atomic E-state index is 3.82. The second kappa shape index (κ2) is 5.24. The largest absolute Gasteiger partial charge is 0.0993 e. The molecule has 0 radical (unpaired) electrons. The molecule has 2 heteroatoms. The summed E-state index contributed by atoms with van der Waals surface area (Å²) in [6.45, 7) is 10.3. The Kier molecular flexibility index (Phi) is 5.50. The molecule has 0 unspecified atom stereocenters. The summed E-state index contributed by atoms with van der Waals surface area (Å²) < 4.78 is 0. The average molecular weight is 162 g/mol. The van der Waals surface area contributed by atoms with Crippen LogP contribution in [0.25, 0.3) is 0 Å². The molecule has 0 atom stereocenters. The highest BCUT2D eigenvalue weighted by atomic mass is 33.1. The van der Waals surface area contributed by atoms with Gasteiger partial charge in [-0.25, -0.2) is 0 Å². The third-order valence-electron chi connectivity index (χ3n) is 0.566. The number of rotatable bonds is 4. The summed E-state index contributed by atoms with van der Waals surface area (Å²) in [5, 5.41) is 0.731. The van der Waals surface area contributed by atoms with Crippen LogP contribution in [0.3, 0.4) is 0 Å². The van der Waals surface area contributed by atoms with Crippen LogP contribution >= 0.6 is 21.6 Å². The van der Waals surface area contributed by atoms with E-state index in [2.05, 4.69) is 27.4 Å². The van der Waals surface area contributed by atoms with Gasteiger partial charge in [-0.3, -0.25) is 0 Å². The molecule has 0 aliphatic carbocycles. The van der Waals surface area contributed by atoms with Gasteiger partial charge in [0.15, 0.2) is 0 Å². The van der Waals surface area contributed by atoms with Crippen LogP contribution in [0.1, 0.15) is 20.8 Å². The van der Waals surface area contributed by atoms with Crippen LogP contribution in [-0.4, -0.2) is 11.0 Å². The van der Waals surface area contributed by atoms with E-state index in [1.54, 1.807) is 0 Å². The zero-order valence-electron chi connectivity index (χ0n) is 6.31. The summed E-state index contributed by atoms with van der Waals surface area (Å²) in [7, 11) is 3.80. The van der Waals surface area contributed by atoms with E-state index in [4.69, 9.17) is 0 Å². The Labute approximate surface area is 65.9 Å². The molecule has 0 saturated heterocycles. The first-order chi connectivity index (χ1) is 4.13. The Morgan fingerprint density at radius 3 is 2.44 bits per heavy atom. The first-order valence-electron chi connectivity index (χ1n) is 3.05. The number of hydrogen-bond donors (Lipinski definition) is 0. The van der Waals surface area contributed by atoms with E-state index in [9.17, 15) is 0 Å².